The van der Waals surface area contributed by atoms with E-state index in [2.05, 4.69) is 5.32 Å². The first-order valence-corrected chi connectivity index (χ1v) is 7.90. The number of amides is 2. The molecule has 20 heavy (non-hydrogen) atoms. The quantitative estimate of drug-likeness (QED) is 0.932. The minimum Gasteiger partial charge on any atom is -0.343 e. The zero-order valence-corrected chi connectivity index (χ0v) is 13.6. The van der Waals surface area contributed by atoms with E-state index in [-0.39, 0.29) is 23.8 Å². The Morgan fingerprint density at radius 1 is 1.30 bits per heavy atom. The molecule has 0 spiro atoms. The fourth-order valence-corrected chi connectivity index (χ4v) is 3.70. The smallest absolute Gasteiger partial charge is 0.246 e. The number of thiophene rings is 1. The summed E-state index contributed by atoms with van der Waals surface area (Å²) in [6, 6.07) is 2.67. The van der Waals surface area contributed by atoms with E-state index in [9.17, 15) is 9.59 Å². The van der Waals surface area contributed by atoms with Crippen molar-refractivity contribution in [3.63, 3.8) is 0 Å². The van der Waals surface area contributed by atoms with Gasteiger partial charge in [0.05, 0.1) is 10.4 Å². The third-order valence-electron chi connectivity index (χ3n) is 3.61. The molecule has 110 valence electrons. The third-order valence-corrected chi connectivity index (χ3v) is 5.01. The molecule has 0 bridgehead atoms. The maximum atomic E-state index is 12.5. The van der Waals surface area contributed by atoms with Crippen LogP contribution >= 0.6 is 22.9 Å². The minimum atomic E-state index is -0.476. The number of nitrogens with zero attached hydrogens (tertiary/aromatic N) is 1. The number of hydrogen-bond acceptors (Lipinski definition) is 3. The molecule has 3 atom stereocenters. The molecule has 0 aliphatic carbocycles. The molecule has 3 unspecified atom stereocenters. The van der Waals surface area contributed by atoms with Gasteiger partial charge in [-0.25, -0.2) is 0 Å². The Morgan fingerprint density at radius 2 is 1.95 bits per heavy atom. The van der Waals surface area contributed by atoms with Gasteiger partial charge >= 0.3 is 0 Å². The topological polar surface area (TPSA) is 49.4 Å². The standard InChI is InChI=1S/C14H19ClN2O2S/c1-7(2)12-13(18)16-8(3)14(19)17(12)9(4)10-5-6-11(15)20-10/h5-9,12H,1-4H3,(H,16,18). The fourth-order valence-electron chi connectivity index (χ4n) is 2.59. The van der Waals surface area contributed by atoms with Crippen LogP contribution in [0.25, 0.3) is 0 Å². The molecule has 1 aromatic rings. The van der Waals surface area contributed by atoms with E-state index in [1.54, 1.807) is 11.8 Å². The molecule has 2 amide bonds. The summed E-state index contributed by atoms with van der Waals surface area (Å²) in [5.74, 6) is -0.0636. The third kappa shape index (κ3) is 2.69. The van der Waals surface area contributed by atoms with Crippen molar-refractivity contribution in [3.05, 3.63) is 21.3 Å². The number of halogens is 1. The molecular weight excluding hydrogens is 296 g/mol. The SMILES string of the molecule is CC1NC(=O)C(C(C)C)N(C(C)c2ccc(Cl)s2)C1=O. The highest BCUT2D eigenvalue weighted by atomic mass is 35.5. The van der Waals surface area contributed by atoms with Crippen molar-refractivity contribution >= 4 is 34.8 Å². The summed E-state index contributed by atoms with van der Waals surface area (Å²) in [6.07, 6.45) is 0. The molecule has 4 nitrogen and oxygen atoms in total. The predicted molar refractivity (Wildman–Crippen MR) is 80.8 cm³/mol. The highest BCUT2D eigenvalue weighted by molar-refractivity contribution is 7.16. The second-order valence-corrected chi connectivity index (χ2v) is 7.23. The minimum absolute atomic E-state index is 0.0414. The predicted octanol–water partition coefficient (Wildman–Crippen LogP) is 2.83. The second-order valence-electron chi connectivity index (χ2n) is 5.48. The van der Waals surface area contributed by atoms with Crippen molar-refractivity contribution in [2.75, 3.05) is 0 Å². The molecular formula is C14H19ClN2O2S. The number of carbonyl (C=O) groups excluding carboxylic acids is 2. The molecule has 1 aliphatic heterocycles. The van der Waals surface area contributed by atoms with Gasteiger partial charge in [-0.05, 0) is 31.9 Å². The van der Waals surface area contributed by atoms with Gasteiger partial charge in [0.2, 0.25) is 11.8 Å². The van der Waals surface area contributed by atoms with Crippen molar-refractivity contribution in [2.45, 2.75) is 45.8 Å². The van der Waals surface area contributed by atoms with E-state index in [1.165, 1.54) is 11.3 Å². The Balaban J connectivity index is 2.37. The summed E-state index contributed by atoms with van der Waals surface area (Å²) in [7, 11) is 0. The number of nitrogens with one attached hydrogen (secondary N) is 1. The van der Waals surface area contributed by atoms with Crippen LogP contribution in [0.3, 0.4) is 0 Å². The van der Waals surface area contributed by atoms with Gasteiger partial charge in [0.1, 0.15) is 12.1 Å². The number of carbonyl (C=O) groups is 2. The Labute approximate surface area is 128 Å². The molecule has 1 fully saturated rings. The summed E-state index contributed by atoms with van der Waals surface area (Å²) in [5, 5.41) is 2.75. The maximum Gasteiger partial charge on any atom is 0.246 e. The lowest BCUT2D eigenvalue weighted by Crippen LogP contribution is -2.64. The Hall–Kier alpha value is -1.07. The lowest BCUT2D eigenvalue weighted by molar-refractivity contribution is -0.153. The number of rotatable bonds is 3. The molecule has 6 heteroatoms. The lowest BCUT2D eigenvalue weighted by Gasteiger charge is -2.43. The van der Waals surface area contributed by atoms with Crippen molar-refractivity contribution in [3.8, 4) is 0 Å². The van der Waals surface area contributed by atoms with Crippen LogP contribution in [0.2, 0.25) is 4.34 Å². The summed E-state index contributed by atoms with van der Waals surface area (Å²) in [6.45, 7) is 7.57. The Morgan fingerprint density at radius 3 is 2.45 bits per heavy atom. The fraction of sp³-hybridized carbons (Fsp3) is 0.571. The average Bonchev–Trinajstić information content (AvgIpc) is 2.78. The zero-order chi connectivity index (χ0) is 15.0. The first kappa shape index (κ1) is 15.3. The first-order chi connectivity index (χ1) is 9.32. The summed E-state index contributed by atoms with van der Waals surface area (Å²) in [5.41, 5.74) is 0. The molecule has 1 aliphatic rings. The van der Waals surface area contributed by atoms with E-state index >= 15 is 0 Å². The van der Waals surface area contributed by atoms with E-state index in [0.717, 1.165) is 4.88 Å². The average molecular weight is 315 g/mol. The van der Waals surface area contributed by atoms with E-state index < -0.39 is 12.1 Å². The van der Waals surface area contributed by atoms with Crippen LogP contribution in [0.1, 0.15) is 38.6 Å². The van der Waals surface area contributed by atoms with Gasteiger partial charge in [-0.2, -0.15) is 0 Å². The normalized spacial score (nSPS) is 25.0. The van der Waals surface area contributed by atoms with E-state index in [0.29, 0.717) is 4.34 Å². The van der Waals surface area contributed by atoms with Crippen LogP contribution in [0, 0.1) is 5.92 Å². The van der Waals surface area contributed by atoms with Crippen molar-refractivity contribution in [2.24, 2.45) is 5.92 Å². The Bertz CT molecular complexity index is 529. The van der Waals surface area contributed by atoms with Gasteiger partial charge < -0.3 is 10.2 Å². The van der Waals surface area contributed by atoms with Gasteiger partial charge in [-0.1, -0.05) is 25.4 Å². The maximum absolute atomic E-state index is 12.5. The summed E-state index contributed by atoms with van der Waals surface area (Å²) < 4.78 is 0.690. The van der Waals surface area contributed by atoms with Crippen LogP contribution in [0.15, 0.2) is 12.1 Å². The van der Waals surface area contributed by atoms with Gasteiger partial charge in [0.15, 0.2) is 0 Å². The van der Waals surface area contributed by atoms with Crippen LogP contribution in [0.5, 0.6) is 0 Å². The molecule has 0 radical (unpaired) electrons. The molecule has 0 aromatic carbocycles. The van der Waals surface area contributed by atoms with Gasteiger partial charge in [0, 0.05) is 4.88 Å². The van der Waals surface area contributed by atoms with Crippen molar-refractivity contribution < 1.29 is 9.59 Å². The van der Waals surface area contributed by atoms with Crippen molar-refractivity contribution in [1.82, 2.24) is 10.2 Å². The summed E-state index contributed by atoms with van der Waals surface area (Å²) >= 11 is 7.42. The molecule has 1 N–H and O–H groups in total. The first-order valence-electron chi connectivity index (χ1n) is 6.70. The summed E-state index contributed by atoms with van der Waals surface area (Å²) in [4.78, 5) is 27.4. The van der Waals surface area contributed by atoms with Crippen LogP contribution in [0.4, 0.5) is 0 Å². The molecule has 1 saturated heterocycles. The van der Waals surface area contributed by atoms with Gasteiger partial charge in [-0.3, -0.25) is 9.59 Å². The van der Waals surface area contributed by atoms with Crippen LogP contribution < -0.4 is 5.32 Å². The van der Waals surface area contributed by atoms with E-state index in [1.807, 2.05) is 32.9 Å². The molecule has 2 rings (SSSR count). The highest BCUT2D eigenvalue weighted by Gasteiger charge is 2.42. The Kier molecular flexibility index (Phi) is 4.39. The monoisotopic (exact) mass is 314 g/mol. The number of hydrogen-bond donors (Lipinski definition) is 1. The number of piperazine rings is 1. The van der Waals surface area contributed by atoms with Crippen LogP contribution in [-0.2, 0) is 9.59 Å². The van der Waals surface area contributed by atoms with Crippen molar-refractivity contribution in [1.29, 1.82) is 0 Å². The molecule has 2 heterocycles. The van der Waals surface area contributed by atoms with Gasteiger partial charge in [0.25, 0.3) is 0 Å². The largest absolute Gasteiger partial charge is 0.343 e. The lowest BCUT2D eigenvalue weighted by atomic mass is 9.95. The molecule has 1 aromatic heterocycles. The zero-order valence-electron chi connectivity index (χ0n) is 12.0. The van der Waals surface area contributed by atoms with E-state index in [4.69, 9.17) is 11.6 Å². The highest BCUT2D eigenvalue weighted by Crippen LogP contribution is 2.34. The van der Waals surface area contributed by atoms with Crippen LogP contribution in [-0.4, -0.2) is 28.8 Å². The molecule has 0 saturated carbocycles. The van der Waals surface area contributed by atoms with Gasteiger partial charge in [-0.15, -0.1) is 11.3 Å². The second kappa shape index (κ2) is 5.74.